The summed E-state index contributed by atoms with van der Waals surface area (Å²) in [5.41, 5.74) is 0. The summed E-state index contributed by atoms with van der Waals surface area (Å²) in [5, 5.41) is 5.84. The van der Waals surface area contributed by atoms with Crippen molar-refractivity contribution in [3.05, 3.63) is 12.3 Å². The van der Waals surface area contributed by atoms with Gasteiger partial charge in [0.2, 0.25) is 17.7 Å². The fourth-order valence-electron chi connectivity index (χ4n) is 1.78. The number of nitrogens with one attached hydrogen (secondary N) is 2. The van der Waals surface area contributed by atoms with Gasteiger partial charge in [0.15, 0.2) is 0 Å². The van der Waals surface area contributed by atoms with Gasteiger partial charge in [-0.2, -0.15) is 4.98 Å². The van der Waals surface area contributed by atoms with Crippen LogP contribution in [-0.4, -0.2) is 34.6 Å². The van der Waals surface area contributed by atoms with Crippen LogP contribution in [0.4, 0.5) is 5.95 Å². The number of rotatable bonds is 4. The van der Waals surface area contributed by atoms with E-state index in [1.165, 1.54) is 0 Å². The van der Waals surface area contributed by atoms with E-state index in [0.29, 0.717) is 11.8 Å². The van der Waals surface area contributed by atoms with E-state index in [2.05, 4.69) is 20.6 Å². The number of carbonyl (C=O) groups excluding carboxylic acids is 1. The highest BCUT2D eigenvalue weighted by molar-refractivity contribution is 5.84. The lowest BCUT2D eigenvalue weighted by Gasteiger charge is -2.22. The molecule has 6 nitrogen and oxygen atoms in total. The molecular formula is C12H18N4O2. The Labute approximate surface area is 106 Å². The fourth-order valence-corrected chi connectivity index (χ4v) is 1.78. The number of amides is 1. The summed E-state index contributed by atoms with van der Waals surface area (Å²) in [6.45, 7) is 4.61. The number of piperidine rings is 1. The molecule has 98 valence electrons. The van der Waals surface area contributed by atoms with E-state index in [0.717, 1.165) is 19.4 Å². The summed E-state index contributed by atoms with van der Waals surface area (Å²) >= 11 is 0. The lowest BCUT2D eigenvalue weighted by atomic mass is 10.1. The minimum absolute atomic E-state index is 0.0000287. The van der Waals surface area contributed by atoms with Gasteiger partial charge in [-0.3, -0.25) is 4.79 Å². The number of anilines is 1. The molecule has 1 amide bonds. The van der Waals surface area contributed by atoms with Crippen molar-refractivity contribution in [2.75, 3.05) is 11.9 Å². The van der Waals surface area contributed by atoms with Crippen molar-refractivity contribution >= 4 is 11.9 Å². The Morgan fingerprint density at radius 3 is 3.11 bits per heavy atom. The van der Waals surface area contributed by atoms with Crippen LogP contribution in [0.15, 0.2) is 12.3 Å². The summed E-state index contributed by atoms with van der Waals surface area (Å²) in [6.07, 6.45) is 3.44. The van der Waals surface area contributed by atoms with Gasteiger partial charge in [-0.25, -0.2) is 4.98 Å². The molecule has 1 aliphatic heterocycles. The molecular weight excluding hydrogens is 232 g/mol. The minimum Gasteiger partial charge on any atom is -0.475 e. The maximum atomic E-state index is 11.6. The summed E-state index contributed by atoms with van der Waals surface area (Å²) in [6, 6.07) is 1.44. The monoisotopic (exact) mass is 250 g/mol. The first-order valence-electron chi connectivity index (χ1n) is 6.19. The molecule has 0 radical (unpaired) electrons. The number of carbonyl (C=O) groups is 1. The van der Waals surface area contributed by atoms with Crippen molar-refractivity contribution < 1.29 is 9.53 Å². The van der Waals surface area contributed by atoms with Gasteiger partial charge in [-0.1, -0.05) is 0 Å². The minimum atomic E-state index is -0.256. The second kappa shape index (κ2) is 5.66. The molecule has 1 aliphatic rings. The number of hydrogen-bond acceptors (Lipinski definition) is 5. The Bertz CT molecular complexity index is 422. The number of nitrogens with zero attached hydrogens (tertiary/aromatic N) is 2. The standard InChI is InChI=1S/C12H18N4O2/c1-8(2)18-10-5-7-14-12(16-10)15-9-4-3-6-13-11(9)17/h5,7-9H,3-4,6H2,1-2H3,(H,13,17)(H,14,15,16). The Kier molecular flexibility index (Phi) is 3.96. The van der Waals surface area contributed by atoms with Gasteiger partial charge in [-0.15, -0.1) is 0 Å². The first kappa shape index (κ1) is 12.6. The van der Waals surface area contributed by atoms with Crippen LogP contribution >= 0.6 is 0 Å². The summed E-state index contributed by atoms with van der Waals surface area (Å²) < 4.78 is 5.48. The number of hydrogen-bond donors (Lipinski definition) is 2. The molecule has 0 aliphatic carbocycles. The van der Waals surface area contributed by atoms with E-state index in [4.69, 9.17) is 4.74 Å². The normalized spacial score (nSPS) is 19.5. The average Bonchev–Trinajstić information content (AvgIpc) is 2.32. The van der Waals surface area contributed by atoms with Gasteiger partial charge < -0.3 is 15.4 Å². The van der Waals surface area contributed by atoms with Crippen molar-refractivity contribution in [2.24, 2.45) is 0 Å². The van der Waals surface area contributed by atoms with Gasteiger partial charge in [0.05, 0.1) is 6.10 Å². The summed E-state index contributed by atoms with van der Waals surface area (Å²) in [5.74, 6) is 0.939. The maximum absolute atomic E-state index is 11.6. The highest BCUT2D eigenvalue weighted by Gasteiger charge is 2.22. The topological polar surface area (TPSA) is 76.1 Å². The first-order chi connectivity index (χ1) is 8.65. The molecule has 0 bridgehead atoms. The second-order valence-electron chi connectivity index (χ2n) is 4.52. The predicted octanol–water partition coefficient (Wildman–Crippen LogP) is 0.954. The van der Waals surface area contributed by atoms with E-state index in [-0.39, 0.29) is 18.1 Å². The molecule has 18 heavy (non-hydrogen) atoms. The van der Waals surface area contributed by atoms with Crippen molar-refractivity contribution in [3.63, 3.8) is 0 Å². The number of ether oxygens (including phenoxy) is 1. The highest BCUT2D eigenvalue weighted by atomic mass is 16.5. The molecule has 0 saturated carbocycles. The van der Waals surface area contributed by atoms with E-state index >= 15 is 0 Å². The lowest BCUT2D eigenvalue weighted by Crippen LogP contribution is -2.44. The van der Waals surface area contributed by atoms with Crippen LogP contribution in [-0.2, 0) is 4.79 Å². The van der Waals surface area contributed by atoms with E-state index in [1.54, 1.807) is 12.3 Å². The average molecular weight is 250 g/mol. The molecule has 1 unspecified atom stereocenters. The van der Waals surface area contributed by atoms with Crippen LogP contribution in [0.5, 0.6) is 5.88 Å². The zero-order chi connectivity index (χ0) is 13.0. The Morgan fingerprint density at radius 2 is 2.39 bits per heavy atom. The Balaban J connectivity index is 2.02. The van der Waals surface area contributed by atoms with Gasteiger partial charge >= 0.3 is 0 Å². The number of aromatic nitrogens is 2. The molecule has 2 rings (SSSR count). The van der Waals surface area contributed by atoms with Crippen molar-refractivity contribution in [1.29, 1.82) is 0 Å². The quantitative estimate of drug-likeness (QED) is 0.832. The van der Waals surface area contributed by atoms with Crippen LogP contribution in [0.1, 0.15) is 26.7 Å². The zero-order valence-corrected chi connectivity index (χ0v) is 10.6. The molecule has 1 aromatic heterocycles. The first-order valence-corrected chi connectivity index (χ1v) is 6.19. The highest BCUT2D eigenvalue weighted by Crippen LogP contribution is 2.13. The molecule has 0 aromatic carbocycles. The molecule has 1 atom stereocenters. The van der Waals surface area contributed by atoms with Crippen molar-refractivity contribution in [3.8, 4) is 5.88 Å². The van der Waals surface area contributed by atoms with Crippen molar-refractivity contribution in [2.45, 2.75) is 38.8 Å². The van der Waals surface area contributed by atoms with Gasteiger partial charge in [0.1, 0.15) is 6.04 Å². The Morgan fingerprint density at radius 1 is 1.56 bits per heavy atom. The molecule has 1 aromatic rings. The molecule has 2 heterocycles. The van der Waals surface area contributed by atoms with Crippen LogP contribution in [0.3, 0.4) is 0 Å². The van der Waals surface area contributed by atoms with Gasteiger partial charge in [0.25, 0.3) is 0 Å². The third-order valence-corrected chi connectivity index (χ3v) is 2.58. The molecule has 1 fully saturated rings. The van der Waals surface area contributed by atoms with Crippen LogP contribution < -0.4 is 15.4 Å². The van der Waals surface area contributed by atoms with Crippen LogP contribution in [0.2, 0.25) is 0 Å². The maximum Gasteiger partial charge on any atom is 0.242 e. The SMILES string of the molecule is CC(C)Oc1ccnc(NC2CCCNC2=O)n1. The Hall–Kier alpha value is -1.85. The second-order valence-corrected chi connectivity index (χ2v) is 4.52. The summed E-state index contributed by atoms with van der Waals surface area (Å²) in [7, 11) is 0. The molecule has 2 N–H and O–H groups in total. The lowest BCUT2D eigenvalue weighted by molar-refractivity contribution is -0.123. The van der Waals surface area contributed by atoms with E-state index in [9.17, 15) is 4.79 Å². The van der Waals surface area contributed by atoms with Crippen LogP contribution in [0.25, 0.3) is 0 Å². The molecule has 1 saturated heterocycles. The van der Waals surface area contributed by atoms with Gasteiger partial charge in [-0.05, 0) is 26.7 Å². The van der Waals surface area contributed by atoms with Crippen molar-refractivity contribution in [1.82, 2.24) is 15.3 Å². The fraction of sp³-hybridized carbons (Fsp3) is 0.583. The zero-order valence-electron chi connectivity index (χ0n) is 10.6. The van der Waals surface area contributed by atoms with E-state index < -0.39 is 0 Å². The summed E-state index contributed by atoms with van der Waals surface area (Å²) in [4.78, 5) is 19.9. The third kappa shape index (κ3) is 3.32. The molecule has 0 spiro atoms. The van der Waals surface area contributed by atoms with E-state index in [1.807, 2.05) is 13.8 Å². The predicted molar refractivity (Wildman–Crippen MR) is 67.5 cm³/mol. The molecule has 6 heteroatoms. The largest absolute Gasteiger partial charge is 0.475 e. The smallest absolute Gasteiger partial charge is 0.242 e. The van der Waals surface area contributed by atoms with Gasteiger partial charge in [0, 0.05) is 18.8 Å². The van der Waals surface area contributed by atoms with Crippen LogP contribution in [0, 0.1) is 0 Å². The third-order valence-electron chi connectivity index (χ3n) is 2.58.